The number of thiazole rings is 1. The zero-order valence-electron chi connectivity index (χ0n) is 12.6. The van der Waals surface area contributed by atoms with E-state index in [9.17, 15) is 18.0 Å². The molecule has 1 aromatic heterocycles. The number of amides is 1. The van der Waals surface area contributed by atoms with E-state index in [4.69, 9.17) is 5.41 Å². The molecule has 0 unspecified atom stereocenters. The molecule has 1 heterocycles. The largest absolute Gasteiger partial charge is 0.573 e. The number of alkyl halides is 3. The molecule has 23 heavy (non-hydrogen) atoms. The van der Waals surface area contributed by atoms with E-state index in [1.165, 1.54) is 16.7 Å². The summed E-state index contributed by atoms with van der Waals surface area (Å²) in [6.45, 7) is 4.01. The van der Waals surface area contributed by atoms with Crippen LogP contribution in [0.2, 0.25) is 0 Å². The first-order valence-electron chi connectivity index (χ1n) is 6.98. The lowest BCUT2D eigenvalue weighted by molar-refractivity contribution is -0.274. The van der Waals surface area contributed by atoms with Crippen molar-refractivity contribution in [3.05, 3.63) is 22.5 Å². The van der Waals surface area contributed by atoms with Crippen LogP contribution >= 0.6 is 11.3 Å². The number of carbonyl (C=O) groups excluding carboxylic acids is 1. The molecule has 0 aliphatic carbocycles. The molecular weight excluding hydrogens is 331 g/mol. The molecular formula is C14H16F3N3O2S. The third-order valence-corrected chi connectivity index (χ3v) is 4.08. The number of carbonyl (C=O) groups is 1. The van der Waals surface area contributed by atoms with Gasteiger partial charge in [0.05, 0.1) is 10.2 Å². The van der Waals surface area contributed by atoms with Gasteiger partial charge in [0, 0.05) is 6.54 Å². The molecule has 2 aromatic rings. The summed E-state index contributed by atoms with van der Waals surface area (Å²) in [5.41, 5.74) is 1.20. The molecule has 2 N–H and O–H groups in total. The van der Waals surface area contributed by atoms with Crippen LogP contribution in [0.15, 0.2) is 12.1 Å². The summed E-state index contributed by atoms with van der Waals surface area (Å²) in [6.07, 6.45) is -4.31. The summed E-state index contributed by atoms with van der Waals surface area (Å²) >= 11 is 1.01. The lowest BCUT2D eigenvalue weighted by Crippen LogP contribution is -2.30. The van der Waals surface area contributed by atoms with Gasteiger partial charge in [-0.2, -0.15) is 0 Å². The molecule has 0 bridgehead atoms. The van der Waals surface area contributed by atoms with E-state index in [0.29, 0.717) is 28.7 Å². The Kier molecular flexibility index (Phi) is 4.98. The molecule has 0 atom stereocenters. The second kappa shape index (κ2) is 6.61. The molecule has 0 fully saturated rings. The van der Waals surface area contributed by atoms with Crippen LogP contribution in [0.4, 0.5) is 13.2 Å². The molecule has 0 saturated carbocycles. The molecule has 0 radical (unpaired) electrons. The molecule has 5 nitrogen and oxygen atoms in total. The second-order valence-corrected chi connectivity index (χ2v) is 5.81. The number of ether oxygens (including phenoxy) is 1. The van der Waals surface area contributed by atoms with Crippen LogP contribution < -0.4 is 14.9 Å². The molecule has 1 aromatic carbocycles. The number of hydrogen-bond acceptors (Lipinski definition) is 4. The lowest BCUT2D eigenvalue weighted by atomic mass is 10.1. The van der Waals surface area contributed by atoms with E-state index >= 15 is 0 Å². The fourth-order valence-corrected chi connectivity index (χ4v) is 3.28. The van der Waals surface area contributed by atoms with Gasteiger partial charge < -0.3 is 14.6 Å². The van der Waals surface area contributed by atoms with Crippen molar-refractivity contribution in [3.8, 4) is 5.75 Å². The Bertz CT molecular complexity index is 780. The summed E-state index contributed by atoms with van der Waals surface area (Å²) in [6, 6.07) is 2.55. The highest BCUT2D eigenvalue weighted by molar-refractivity contribution is 7.16. The molecule has 0 spiro atoms. The lowest BCUT2D eigenvalue weighted by Gasteiger charge is -2.12. The zero-order valence-corrected chi connectivity index (χ0v) is 13.4. The van der Waals surface area contributed by atoms with E-state index in [0.717, 1.165) is 11.3 Å². The monoisotopic (exact) mass is 347 g/mol. The van der Waals surface area contributed by atoms with Crippen molar-refractivity contribution in [1.82, 2.24) is 9.88 Å². The SMILES string of the molecule is CCNC(=O)Cn1c(=N)sc2cc(OC(F)(F)F)cc(CC)c21. The summed E-state index contributed by atoms with van der Waals surface area (Å²) in [5.74, 6) is -0.559. The second-order valence-electron chi connectivity index (χ2n) is 4.78. The topological polar surface area (TPSA) is 67.1 Å². The number of nitrogens with zero attached hydrogens (tertiary/aromatic N) is 1. The summed E-state index contributed by atoms with van der Waals surface area (Å²) in [7, 11) is 0. The van der Waals surface area contributed by atoms with Crippen LogP contribution in [0.5, 0.6) is 5.75 Å². The third-order valence-electron chi connectivity index (χ3n) is 3.14. The maximum atomic E-state index is 12.4. The number of rotatable bonds is 5. The van der Waals surface area contributed by atoms with E-state index in [1.54, 1.807) is 13.8 Å². The predicted molar refractivity (Wildman–Crippen MR) is 80.4 cm³/mol. The van der Waals surface area contributed by atoms with Crippen LogP contribution in [-0.4, -0.2) is 23.4 Å². The van der Waals surface area contributed by atoms with E-state index in [1.807, 2.05) is 0 Å². The van der Waals surface area contributed by atoms with Gasteiger partial charge in [0.25, 0.3) is 0 Å². The standard InChI is InChI=1S/C14H16F3N3O2S/c1-3-8-5-9(22-14(15,16)17)6-10-12(8)20(13(18)23-10)7-11(21)19-4-2/h5-6,18H,3-4,7H2,1-2H3,(H,19,21). The minimum absolute atomic E-state index is 0.0425. The number of aryl methyl sites for hydroxylation is 1. The van der Waals surface area contributed by atoms with Gasteiger partial charge in [0.1, 0.15) is 12.3 Å². The molecule has 9 heteroatoms. The van der Waals surface area contributed by atoms with Gasteiger partial charge in [-0.25, -0.2) is 0 Å². The summed E-state index contributed by atoms with van der Waals surface area (Å²) in [5, 5.41) is 10.6. The normalized spacial score (nSPS) is 11.7. The van der Waals surface area contributed by atoms with Gasteiger partial charge in [-0.15, -0.1) is 13.2 Å². The molecule has 0 aliphatic heterocycles. The van der Waals surface area contributed by atoms with Crippen molar-refractivity contribution in [2.75, 3.05) is 6.54 Å². The van der Waals surface area contributed by atoms with Gasteiger partial charge in [-0.05, 0) is 31.0 Å². The predicted octanol–water partition coefficient (Wildman–Crippen LogP) is 2.78. The molecule has 2 rings (SSSR count). The Labute approximate surface area is 134 Å². The molecule has 0 aliphatic rings. The van der Waals surface area contributed by atoms with E-state index < -0.39 is 6.36 Å². The van der Waals surface area contributed by atoms with Crippen LogP contribution in [0.25, 0.3) is 10.2 Å². The Morgan fingerprint density at radius 3 is 2.65 bits per heavy atom. The smallest absolute Gasteiger partial charge is 0.406 e. The number of benzene rings is 1. The van der Waals surface area contributed by atoms with Crippen molar-refractivity contribution >= 4 is 27.5 Å². The Hall–Kier alpha value is -2.03. The van der Waals surface area contributed by atoms with Crippen molar-refractivity contribution in [1.29, 1.82) is 5.41 Å². The Morgan fingerprint density at radius 1 is 1.39 bits per heavy atom. The van der Waals surface area contributed by atoms with Crippen molar-refractivity contribution in [3.63, 3.8) is 0 Å². The first-order chi connectivity index (χ1) is 10.7. The first-order valence-corrected chi connectivity index (χ1v) is 7.80. The van der Waals surface area contributed by atoms with Crippen molar-refractivity contribution in [2.24, 2.45) is 0 Å². The number of halogens is 3. The minimum Gasteiger partial charge on any atom is -0.406 e. The minimum atomic E-state index is -4.77. The highest BCUT2D eigenvalue weighted by atomic mass is 32.1. The van der Waals surface area contributed by atoms with E-state index in [-0.39, 0.29) is 23.0 Å². The van der Waals surface area contributed by atoms with Crippen LogP contribution in [-0.2, 0) is 17.8 Å². The highest BCUT2D eigenvalue weighted by Crippen LogP contribution is 2.31. The number of aromatic nitrogens is 1. The van der Waals surface area contributed by atoms with Gasteiger partial charge in [-0.1, -0.05) is 18.3 Å². The molecule has 0 saturated heterocycles. The highest BCUT2D eigenvalue weighted by Gasteiger charge is 2.31. The van der Waals surface area contributed by atoms with Gasteiger partial charge >= 0.3 is 6.36 Å². The molecule has 126 valence electrons. The van der Waals surface area contributed by atoms with Gasteiger partial charge in [0.2, 0.25) is 5.91 Å². The number of nitrogens with one attached hydrogen (secondary N) is 2. The number of likely N-dealkylation sites (N-methyl/N-ethyl adjacent to an activating group) is 1. The van der Waals surface area contributed by atoms with Crippen molar-refractivity contribution < 1.29 is 22.7 Å². The average Bonchev–Trinajstić information content (AvgIpc) is 2.72. The van der Waals surface area contributed by atoms with Gasteiger partial charge in [-0.3, -0.25) is 10.2 Å². The third kappa shape index (κ3) is 4.04. The van der Waals surface area contributed by atoms with Crippen LogP contribution in [0.3, 0.4) is 0 Å². The fourth-order valence-electron chi connectivity index (χ4n) is 2.29. The number of fused-ring (bicyclic) bond motifs is 1. The average molecular weight is 347 g/mol. The maximum Gasteiger partial charge on any atom is 0.573 e. The van der Waals surface area contributed by atoms with Crippen LogP contribution in [0.1, 0.15) is 19.4 Å². The van der Waals surface area contributed by atoms with Crippen LogP contribution in [0, 0.1) is 5.41 Å². The van der Waals surface area contributed by atoms with E-state index in [2.05, 4.69) is 10.1 Å². The molecule has 1 amide bonds. The zero-order chi connectivity index (χ0) is 17.2. The van der Waals surface area contributed by atoms with Gasteiger partial charge in [0.15, 0.2) is 4.80 Å². The summed E-state index contributed by atoms with van der Waals surface area (Å²) in [4.78, 5) is 11.9. The number of hydrogen-bond donors (Lipinski definition) is 2. The Morgan fingerprint density at radius 2 is 2.09 bits per heavy atom. The summed E-state index contributed by atoms with van der Waals surface area (Å²) < 4.78 is 43.2. The van der Waals surface area contributed by atoms with Crippen molar-refractivity contribution in [2.45, 2.75) is 33.2 Å². The Balaban J connectivity index is 2.53. The maximum absolute atomic E-state index is 12.4. The quantitative estimate of drug-likeness (QED) is 0.873. The fraction of sp³-hybridized carbons (Fsp3) is 0.429. The first kappa shape index (κ1) is 17.3.